The Kier molecular flexibility index (Phi) is 8.98. The third-order valence-corrected chi connectivity index (χ3v) is 3.60. The van der Waals surface area contributed by atoms with Gasteiger partial charge < -0.3 is 4.98 Å². The first kappa shape index (κ1) is 23.2. The van der Waals surface area contributed by atoms with E-state index in [-0.39, 0.29) is 13.1 Å². The summed E-state index contributed by atoms with van der Waals surface area (Å²) < 4.78 is 37.6. The van der Waals surface area contributed by atoms with Gasteiger partial charge in [-0.1, -0.05) is 29.8 Å². The molecule has 153 valence electrons. The van der Waals surface area contributed by atoms with Crippen LogP contribution in [0.2, 0.25) is 0 Å². The van der Waals surface area contributed by atoms with Crippen molar-refractivity contribution < 1.29 is 26.3 Å². The van der Waals surface area contributed by atoms with Crippen molar-refractivity contribution in [2.75, 3.05) is 0 Å². The SMILES string of the molecule is Cc1ccc(N=Cc2ccc(C=Nc3ccc(C(F)(F)F)cc3)[n-]2)cc1.[Cl][Fe+][Cl]. The van der Waals surface area contributed by atoms with Crippen LogP contribution in [0.15, 0.2) is 70.6 Å². The Labute approximate surface area is 181 Å². The van der Waals surface area contributed by atoms with Gasteiger partial charge in [-0.05, 0) is 43.3 Å². The van der Waals surface area contributed by atoms with E-state index in [9.17, 15) is 13.2 Å². The normalized spacial score (nSPS) is 11.7. The molecule has 0 spiro atoms. The summed E-state index contributed by atoms with van der Waals surface area (Å²) in [5, 5.41) is 0. The molecular formula is C20H15Cl2F3FeN3. The van der Waals surface area contributed by atoms with Gasteiger partial charge in [-0.3, -0.25) is 9.98 Å². The molecule has 3 nitrogen and oxygen atoms in total. The molecule has 1 aromatic heterocycles. The number of alkyl halides is 3. The number of benzene rings is 2. The van der Waals surface area contributed by atoms with Crippen molar-refractivity contribution in [3.8, 4) is 0 Å². The van der Waals surface area contributed by atoms with Crippen LogP contribution in [0.3, 0.4) is 0 Å². The summed E-state index contributed by atoms with van der Waals surface area (Å²) in [5.41, 5.74) is 3.01. The predicted octanol–water partition coefficient (Wildman–Crippen LogP) is 6.85. The minimum absolute atomic E-state index is 0.194. The Balaban J connectivity index is 0.000000941. The number of hydrogen-bond donors (Lipinski definition) is 0. The van der Waals surface area contributed by atoms with E-state index in [4.69, 9.17) is 20.2 Å². The number of rotatable bonds is 4. The van der Waals surface area contributed by atoms with Crippen molar-refractivity contribution in [2.24, 2.45) is 9.98 Å². The predicted molar refractivity (Wildman–Crippen MR) is 109 cm³/mol. The first-order chi connectivity index (χ1) is 13.8. The Bertz CT molecular complexity index is 950. The summed E-state index contributed by atoms with van der Waals surface area (Å²) in [6, 6.07) is 16.0. The van der Waals surface area contributed by atoms with Gasteiger partial charge >= 0.3 is 39.5 Å². The fourth-order valence-corrected chi connectivity index (χ4v) is 2.19. The topological polar surface area (TPSA) is 38.8 Å². The fourth-order valence-electron chi connectivity index (χ4n) is 2.19. The van der Waals surface area contributed by atoms with E-state index in [2.05, 4.69) is 15.0 Å². The second-order valence-electron chi connectivity index (χ2n) is 5.74. The number of halogens is 5. The van der Waals surface area contributed by atoms with Gasteiger partial charge in [-0.25, -0.2) is 0 Å². The number of aliphatic imine (C=N–C) groups is 2. The van der Waals surface area contributed by atoms with Crippen LogP contribution < -0.4 is 4.98 Å². The van der Waals surface area contributed by atoms with Crippen LogP contribution in [-0.2, 0) is 19.3 Å². The molecule has 0 unspecified atom stereocenters. The molecule has 29 heavy (non-hydrogen) atoms. The Hall–Kier alpha value is -2.05. The second-order valence-corrected chi connectivity index (χ2v) is 7.57. The standard InChI is InChI=1S/C20H15F3N3.2ClH.Fe/c1-14-2-6-16(7-3-14)24-12-18-10-11-19(26-18)13-25-17-8-4-15(5-9-17)20(21,22)23;;;/h2-13H,1H3;2*1H;/q-1;;;+3/p-2. The zero-order valence-corrected chi connectivity index (χ0v) is 17.6. The van der Waals surface area contributed by atoms with E-state index < -0.39 is 11.7 Å². The third-order valence-electron chi connectivity index (χ3n) is 3.60. The summed E-state index contributed by atoms with van der Waals surface area (Å²) >= 11 is 0.194. The van der Waals surface area contributed by atoms with Gasteiger partial charge in [-0.2, -0.15) is 13.2 Å². The van der Waals surface area contributed by atoms with E-state index >= 15 is 0 Å². The molecule has 0 aliphatic carbocycles. The molecule has 0 N–H and O–H groups in total. The number of nitrogens with zero attached hydrogens (tertiary/aromatic N) is 3. The van der Waals surface area contributed by atoms with Gasteiger partial charge in [0.2, 0.25) is 0 Å². The van der Waals surface area contributed by atoms with Gasteiger partial charge in [0.25, 0.3) is 0 Å². The number of hydrogen-bond acceptors (Lipinski definition) is 2. The first-order valence-electron chi connectivity index (χ1n) is 8.13. The molecular weight excluding hydrogens is 466 g/mol. The minimum atomic E-state index is -4.35. The van der Waals surface area contributed by atoms with Gasteiger partial charge in [0.05, 0.1) is 16.9 Å². The van der Waals surface area contributed by atoms with Gasteiger partial charge in [0.1, 0.15) is 0 Å². The van der Waals surface area contributed by atoms with E-state index in [0.717, 1.165) is 23.4 Å². The quantitative estimate of drug-likeness (QED) is 0.297. The molecule has 0 radical (unpaired) electrons. The van der Waals surface area contributed by atoms with Crippen LogP contribution in [0.5, 0.6) is 0 Å². The number of aryl methyl sites for hydroxylation is 1. The van der Waals surface area contributed by atoms with Crippen molar-refractivity contribution in [3.05, 3.63) is 83.2 Å². The van der Waals surface area contributed by atoms with Crippen molar-refractivity contribution >= 4 is 44.0 Å². The Morgan fingerprint density at radius 2 is 1.21 bits per heavy atom. The molecule has 0 saturated heterocycles. The molecule has 1 heterocycles. The molecule has 0 aliphatic rings. The van der Waals surface area contributed by atoms with E-state index in [0.29, 0.717) is 17.1 Å². The summed E-state index contributed by atoms with van der Waals surface area (Å²) in [7, 11) is 9.53. The van der Waals surface area contributed by atoms with Crippen molar-refractivity contribution in [3.63, 3.8) is 0 Å². The van der Waals surface area contributed by atoms with Crippen LogP contribution in [0.25, 0.3) is 0 Å². The molecule has 0 atom stereocenters. The molecule has 0 saturated carbocycles. The molecule has 0 aliphatic heterocycles. The number of aromatic nitrogens is 1. The Morgan fingerprint density at radius 3 is 1.62 bits per heavy atom. The summed E-state index contributed by atoms with van der Waals surface area (Å²) in [6.45, 7) is 2.01. The van der Waals surface area contributed by atoms with Crippen molar-refractivity contribution in [1.29, 1.82) is 0 Å². The van der Waals surface area contributed by atoms with E-state index in [1.807, 2.05) is 31.2 Å². The molecule has 0 fully saturated rings. The summed E-state index contributed by atoms with van der Waals surface area (Å²) in [6.07, 6.45) is -1.19. The molecule has 3 aromatic rings. The monoisotopic (exact) mass is 480 g/mol. The van der Waals surface area contributed by atoms with Crippen molar-refractivity contribution in [2.45, 2.75) is 13.1 Å². The van der Waals surface area contributed by atoms with Crippen LogP contribution >= 0.6 is 20.2 Å². The van der Waals surface area contributed by atoms with E-state index in [1.165, 1.54) is 18.3 Å². The third kappa shape index (κ3) is 8.07. The van der Waals surface area contributed by atoms with E-state index in [1.54, 1.807) is 18.3 Å². The Morgan fingerprint density at radius 1 is 0.793 bits per heavy atom. The molecule has 0 bridgehead atoms. The first-order valence-corrected chi connectivity index (χ1v) is 11.2. The summed E-state index contributed by atoms with van der Waals surface area (Å²) in [4.78, 5) is 12.8. The van der Waals surface area contributed by atoms with Crippen LogP contribution in [-0.4, -0.2) is 12.4 Å². The van der Waals surface area contributed by atoms with Gasteiger partial charge in [0.15, 0.2) is 0 Å². The average Bonchev–Trinajstić information content (AvgIpc) is 3.14. The summed E-state index contributed by atoms with van der Waals surface area (Å²) in [5.74, 6) is 0. The van der Waals surface area contributed by atoms with Crippen LogP contribution in [0.4, 0.5) is 24.5 Å². The molecule has 3 rings (SSSR count). The van der Waals surface area contributed by atoms with Crippen LogP contribution in [0.1, 0.15) is 22.5 Å². The van der Waals surface area contributed by atoms with Gasteiger partial charge in [-0.15, -0.1) is 11.4 Å². The maximum absolute atomic E-state index is 12.5. The zero-order chi connectivity index (χ0) is 21.3. The molecule has 9 heteroatoms. The fraction of sp³-hybridized carbons (Fsp3) is 0.100. The zero-order valence-electron chi connectivity index (χ0n) is 15.0. The average molecular weight is 481 g/mol. The molecule has 2 aromatic carbocycles. The van der Waals surface area contributed by atoms with Gasteiger partial charge in [0, 0.05) is 12.4 Å². The van der Waals surface area contributed by atoms with Crippen LogP contribution in [0, 0.1) is 6.92 Å². The maximum atomic E-state index is 12.5. The molecule has 0 amide bonds. The second kappa shape index (κ2) is 11.2. The van der Waals surface area contributed by atoms with Crippen molar-refractivity contribution in [1.82, 2.24) is 4.98 Å².